The first-order valence-electron chi connectivity index (χ1n) is 6.83. The van der Waals surface area contributed by atoms with Gasteiger partial charge < -0.3 is 15.6 Å². The number of carbonyl (C=O) groups excluding carboxylic acids is 1. The third-order valence-corrected chi connectivity index (χ3v) is 3.45. The number of nitrogens with two attached hydrogens (primary N) is 1. The Hall–Kier alpha value is -2.75. The number of carbonyl (C=O) groups is 1. The number of nitrogen functional groups attached to an aromatic ring is 1. The number of amides is 1. The van der Waals surface area contributed by atoms with Crippen molar-refractivity contribution in [2.45, 2.75) is 13.5 Å². The number of anilines is 2. The van der Waals surface area contributed by atoms with Crippen LogP contribution in [-0.4, -0.2) is 10.5 Å². The van der Waals surface area contributed by atoms with Gasteiger partial charge in [0.2, 0.25) is 5.91 Å². The Labute approximate surface area is 123 Å². The zero-order chi connectivity index (χ0) is 14.8. The molecule has 0 aliphatic rings. The topological polar surface area (TPSA) is 60.0 Å². The predicted octanol–water partition coefficient (Wildman–Crippen LogP) is 3.17. The van der Waals surface area contributed by atoms with E-state index < -0.39 is 0 Å². The maximum absolute atomic E-state index is 12.1. The lowest BCUT2D eigenvalue weighted by atomic mass is 10.2. The second-order valence-corrected chi connectivity index (χ2v) is 5.18. The Bertz CT molecular complexity index is 787. The van der Waals surface area contributed by atoms with Crippen LogP contribution in [0.25, 0.3) is 10.9 Å². The third kappa shape index (κ3) is 2.89. The SMILES string of the molecule is Cc1ccc(NC(=O)Cn2ccc3ccc(N)cc32)cc1. The van der Waals surface area contributed by atoms with E-state index in [0.717, 1.165) is 16.6 Å². The molecule has 2 aromatic carbocycles. The average molecular weight is 279 g/mol. The van der Waals surface area contributed by atoms with Crippen LogP contribution in [0.15, 0.2) is 54.7 Å². The van der Waals surface area contributed by atoms with Gasteiger partial charge in [-0.25, -0.2) is 0 Å². The van der Waals surface area contributed by atoms with Crippen LogP contribution in [0.2, 0.25) is 0 Å². The summed E-state index contributed by atoms with van der Waals surface area (Å²) in [5.74, 6) is -0.0567. The lowest BCUT2D eigenvalue weighted by molar-refractivity contribution is -0.116. The summed E-state index contributed by atoms with van der Waals surface area (Å²) in [6.07, 6.45) is 1.90. The van der Waals surface area contributed by atoms with Crippen molar-refractivity contribution in [3.8, 4) is 0 Å². The van der Waals surface area contributed by atoms with E-state index in [-0.39, 0.29) is 12.5 Å². The first-order chi connectivity index (χ1) is 10.1. The molecule has 21 heavy (non-hydrogen) atoms. The van der Waals surface area contributed by atoms with Crippen molar-refractivity contribution in [1.82, 2.24) is 4.57 Å². The van der Waals surface area contributed by atoms with E-state index in [2.05, 4.69) is 5.32 Å². The lowest BCUT2D eigenvalue weighted by Crippen LogP contribution is -2.18. The number of benzene rings is 2. The van der Waals surface area contributed by atoms with Gasteiger partial charge in [0.1, 0.15) is 6.54 Å². The smallest absolute Gasteiger partial charge is 0.244 e. The molecule has 0 atom stereocenters. The van der Waals surface area contributed by atoms with Gasteiger partial charge in [-0.1, -0.05) is 23.8 Å². The van der Waals surface area contributed by atoms with Crippen LogP contribution < -0.4 is 11.1 Å². The van der Waals surface area contributed by atoms with Crippen molar-refractivity contribution in [3.63, 3.8) is 0 Å². The third-order valence-electron chi connectivity index (χ3n) is 3.45. The predicted molar refractivity (Wildman–Crippen MR) is 86.2 cm³/mol. The first-order valence-corrected chi connectivity index (χ1v) is 6.83. The van der Waals surface area contributed by atoms with Crippen LogP contribution in [-0.2, 0) is 11.3 Å². The molecule has 3 rings (SSSR count). The second-order valence-electron chi connectivity index (χ2n) is 5.18. The van der Waals surface area contributed by atoms with Crippen molar-refractivity contribution < 1.29 is 4.79 Å². The number of hydrogen-bond donors (Lipinski definition) is 2. The summed E-state index contributed by atoms with van der Waals surface area (Å²) in [5, 5.41) is 3.97. The zero-order valence-corrected chi connectivity index (χ0v) is 11.8. The molecule has 0 spiro atoms. The van der Waals surface area contributed by atoms with E-state index in [0.29, 0.717) is 5.69 Å². The normalized spacial score (nSPS) is 10.7. The number of nitrogens with zero attached hydrogens (tertiary/aromatic N) is 1. The molecule has 1 amide bonds. The minimum atomic E-state index is -0.0567. The minimum Gasteiger partial charge on any atom is -0.399 e. The molecular formula is C17H17N3O. The van der Waals surface area contributed by atoms with Crippen molar-refractivity contribution in [3.05, 3.63) is 60.3 Å². The van der Waals surface area contributed by atoms with E-state index in [9.17, 15) is 4.79 Å². The standard InChI is InChI=1S/C17H17N3O/c1-12-2-6-15(7-3-12)19-17(21)11-20-9-8-13-4-5-14(18)10-16(13)20/h2-10H,11,18H2,1H3,(H,19,21). The van der Waals surface area contributed by atoms with Crippen LogP contribution in [0, 0.1) is 6.92 Å². The van der Waals surface area contributed by atoms with Crippen LogP contribution >= 0.6 is 0 Å². The van der Waals surface area contributed by atoms with Gasteiger partial charge in [-0.2, -0.15) is 0 Å². The zero-order valence-electron chi connectivity index (χ0n) is 11.8. The molecule has 1 aromatic heterocycles. The first kappa shape index (κ1) is 13.2. The fraction of sp³-hybridized carbons (Fsp3) is 0.118. The highest BCUT2D eigenvalue weighted by Gasteiger charge is 2.07. The molecule has 0 fully saturated rings. The molecule has 0 radical (unpaired) electrons. The molecule has 106 valence electrons. The molecule has 0 saturated heterocycles. The van der Waals surface area contributed by atoms with Crippen molar-refractivity contribution in [2.75, 3.05) is 11.1 Å². The van der Waals surface area contributed by atoms with Gasteiger partial charge in [-0.05, 0) is 42.6 Å². The van der Waals surface area contributed by atoms with E-state index in [1.165, 1.54) is 5.56 Å². The summed E-state index contributed by atoms with van der Waals surface area (Å²) in [4.78, 5) is 12.1. The average Bonchev–Trinajstić information content (AvgIpc) is 2.84. The van der Waals surface area contributed by atoms with Gasteiger partial charge in [-0.3, -0.25) is 4.79 Å². The Morgan fingerprint density at radius 3 is 2.67 bits per heavy atom. The Kier molecular flexibility index (Phi) is 3.36. The maximum atomic E-state index is 12.1. The van der Waals surface area contributed by atoms with E-state index in [1.807, 2.05) is 66.2 Å². The van der Waals surface area contributed by atoms with E-state index >= 15 is 0 Å². The molecule has 3 N–H and O–H groups in total. The van der Waals surface area contributed by atoms with Gasteiger partial charge in [0, 0.05) is 17.6 Å². The lowest BCUT2D eigenvalue weighted by Gasteiger charge is -2.08. The second kappa shape index (κ2) is 5.32. The Morgan fingerprint density at radius 2 is 1.90 bits per heavy atom. The van der Waals surface area contributed by atoms with Gasteiger partial charge in [0.15, 0.2) is 0 Å². The summed E-state index contributed by atoms with van der Waals surface area (Å²) < 4.78 is 1.90. The fourth-order valence-corrected chi connectivity index (χ4v) is 2.33. The largest absolute Gasteiger partial charge is 0.399 e. The molecule has 4 heteroatoms. The van der Waals surface area contributed by atoms with E-state index in [1.54, 1.807) is 0 Å². The summed E-state index contributed by atoms with van der Waals surface area (Å²) in [6, 6.07) is 15.4. The number of fused-ring (bicyclic) bond motifs is 1. The summed E-state index contributed by atoms with van der Waals surface area (Å²) in [5.41, 5.74) is 9.44. The van der Waals surface area contributed by atoms with Gasteiger partial charge >= 0.3 is 0 Å². The number of aromatic nitrogens is 1. The van der Waals surface area contributed by atoms with Crippen molar-refractivity contribution >= 4 is 28.2 Å². The summed E-state index contributed by atoms with van der Waals surface area (Å²) >= 11 is 0. The number of nitrogens with one attached hydrogen (secondary N) is 1. The highest BCUT2D eigenvalue weighted by atomic mass is 16.1. The molecule has 0 aliphatic carbocycles. The van der Waals surface area contributed by atoms with Crippen molar-refractivity contribution in [1.29, 1.82) is 0 Å². The quantitative estimate of drug-likeness (QED) is 0.723. The highest BCUT2D eigenvalue weighted by molar-refractivity contribution is 5.92. The van der Waals surface area contributed by atoms with Crippen LogP contribution in [0.1, 0.15) is 5.56 Å². The maximum Gasteiger partial charge on any atom is 0.244 e. The molecule has 4 nitrogen and oxygen atoms in total. The highest BCUT2D eigenvalue weighted by Crippen LogP contribution is 2.19. The fourth-order valence-electron chi connectivity index (χ4n) is 2.33. The molecule has 0 saturated carbocycles. The van der Waals surface area contributed by atoms with Crippen molar-refractivity contribution in [2.24, 2.45) is 0 Å². The summed E-state index contributed by atoms with van der Waals surface area (Å²) in [6.45, 7) is 2.28. The number of rotatable bonds is 3. The van der Waals surface area contributed by atoms with Gasteiger partial charge in [0.05, 0.1) is 5.52 Å². The van der Waals surface area contributed by atoms with E-state index in [4.69, 9.17) is 5.73 Å². The molecule has 0 aliphatic heterocycles. The molecule has 0 unspecified atom stereocenters. The van der Waals surface area contributed by atoms with Gasteiger partial charge in [0.25, 0.3) is 0 Å². The number of aryl methyl sites for hydroxylation is 1. The molecule has 3 aromatic rings. The van der Waals surface area contributed by atoms with Crippen LogP contribution in [0.4, 0.5) is 11.4 Å². The summed E-state index contributed by atoms with van der Waals surface area (Å²) in [7, 11) is 0. The van der Waals surface area contributed by atoms with Gasteiger partial charge in [-0.15, -0.1) is 0 Å². The number of hydrogen-bond acceptors (Lipinski definition) is 2. The molecular weight excluding hydrogens is 262 g/mol. The van der Waals surface area contributed by atoms with Crippen LogP contribution in [0.3, 0.4) is 0 Å². The molecule has 0 bridgehead atoms. The monoisotopic (exact) mass is 279 g/mol. The minimum absolute atomic E-state index is 0.0567. The van der Waals surface area contributed by atoms with Crippen LogP contribution in [0.5, 0.6) is 0 Å². The Morgan fingerprint density at radius 1 is 1.14 bits per heavy atom. The Balaban J connectivity index is 1.77. The molecule has 1 heterocycles.